The molecule has 1 rings (SSSR count). The Morgan fingerprint density at radius 1 is 1.40 bits per heavy atom. The Kier molecular flexibility index (Phi) is 3.55. The number of amides is 2. The number of nitrogens with two attached hydrogens (primary N) is 1. The molecule has 4 N–H and O–H groups in total. The summed E-state index contributed by atoms with van der Waals surface area (Å²) in [6.45, 7) is 5.75. The molecule has 82 valence electrons. The highest BCUT2D eigenvalue weighted by atomic mass is 16.2. The molecule has 0 aliphatic carbocycles. The summed E-state index contributed by atoms with van der Waals surface area (Å²) in [5, 5.41) is 5.44. The number of nitrogens with one attached hydrogen (secondary N) is 2. The molecule has 1 aromatic rings. The highest BCUT2D eigenvalue weighted by molar-refractivity contribution is 5.92. The smallest absolute Gasteiger partial charge is 0.319 e. The minimum Gasteiger partial charge on any atom is -0.397 e. The van der Waals surface area contributed by atoms with Crippen LogP contribution in [0, 0.1) is 6.92 Å². The first-order chi connectivity index (χ1) is 6.99. The first-order valence-corrected chi connectivity index (χ1v) is 4.92. The van der Waals surface area contributed by atoms with Crippen molar-refractivity contribution in [3.05, 3.63) is 23.8 Å². The van der Waals surface area contributed by atoms with Gasteiger partial charge in [0.15, 0.2) is 0 Å². The van der Waals surface area contributed by atoms with Crippen molar-refractivity contribution in [3.8, 4) is 0 Å². The summed E-state index contributed by atoms with van der Waals surface area (Å²) in [5.41, 5.74) is 8.00. The minimum absolute atomic E-state index is 0.107. The fourth-order valence-electron chi connectivity index (χ4n) is 1.20. The first-order valence-electron chi connectivity index (χ1n) is 4.92. The van der Waals surface area contributed by atoms with Crippen molar-refractivity contribution < 1.29 is 4.79 Å². The summed E-state index contributed by atoms with van der Waals surface area (Å²) < 4.78 is 0. The second-order valence-electron chi connectivity index (χ2n) is 3.84. The minimum atomic E-state index is -0.234. The summed E-state index contributed by atoms with van der Waals surface area (Å²) >= 11 is 0. The van der Waals surface area contributed by atoms with E-state index in [1.807, 2.05) is 32.9 Å². The number of urea groups is 1. The molecule has 1 aromatic carbocycles. The average Bonchev–Trinajstić information content (AvgIpc) is 2.10. The summed E-state index contributed by atoms with van der Waals surface area (Å²) in [7, 11) is 0. The number of hydrogen-bond donors (Lipinski definition) is 3. The monoisotopic (exact) mass is 207 g/mol. The number of benzene rings is 1. The lowest BCUT2D eigenvalue weighted by atomic mass is 10.2. The van der Waals surface area contributed by atoms with Crippen LogP contribution in [-0.2, 0) is 0 Å². The second kappa shape index (κ2) is 4.68. The van der Waals surface area contributed by atoms with Crippen molar-refractivity contribution in [3.63, 3.8) is 0 Å². The highest BCUT2D eigenvalue weighted by Crippen LogP contribution is 2.19. The molecule has 0 heterocycles. The lowest BCUT2D eigenvalue weighted by Crippen LogP contribution is -2.34. The van der Waals surface area contributed by atoms with E-state index < -0.39 is 0 Å². The number of nitrogen functional groups attached to an aromatic ring is 1. The van der Waals surface area contributed by atoms with E-state index >= 15 is 0 Å². The quantitative estimate of drug-likeness (QED) is 0.650. The van der Waals surface area contributed by atoms with Crippen molar-refractivity contribution in [1.29, 1.82) is 0 Å². The molecule has 0 saturated heterocycles. The van der Waals surface area contributed by atoms with E-state index in [0.717, 1.165) is 5.56 Å². The number of rotatable bonds is 2. The predicted octanol–water partition coefficient (Wildman–Crippen LogP) is 2.11. The first kappa shape index (κ1) is 11.4. The van der Waals surface area contributed by atoms with Gasteiger partial charge in [-0.25, -0.2) is 4.79 Å². The summed E-state index contributed by atoms with van der Waals surface area (Å²) in [5.74, 6) is 0. The van der Waals surface area contributed by atoms with Crippen LogP contribution in [0.2, 0.25) is 0 Å². The molecule has 0 atom stereocenters. The van der Waals surface area contributed by atoms with Crippen LogP contribution in [0.15, 0.2) is 18.2 Å². The van der Waals surface area contributed by atoms with E-state index in [1.165, 1.54) is 0 Å². The molecule has 0 aliphatic heterocycles. The Hall–Kier alpha value is -1.71. The number of hydrogen-bond acceptors (Lipinski definition) is 2. The van der Waals surface area contributed by atoms with Gasteiger partial charge < -0.3 is 16.4 Å². The molecular formula is C11H17N3O. The summed E-state index contributed by atoms with van der Waals surface area (Å²) in [6, 6.07) is 5.40. The van der Waals surface area contributed by atoms with Crippen LogP contribution in [0.5, 0.6) is 0 Å². The predicted molar refractivity (Wildman–Crippen MR) is 62.9 cm³/mol. The zero-order chi connectivity index (χ0) is 11.4. The number of carbonyl (C=O) groups is 1. The van der Waals surface area contributed by atoms with Gasteiger partial charge in [0.2, 0.25) is 0 Å². The molecular weight excluding hydrogens is 190 g/mol. The molecule has 0 saturated carbocycles. The molecule has 4 heteroatoms. The van der Waals surface area contributed by atoms with Gasteiger partial charge in [-0.3, -0.25) is 0 Å². The molecule has 0 spiro atoms. The Balaban J connectivity index is 2.71. The molecule has 0 unspecified atom stereocenters. The molecule has 2 amide bonds. The standard InChI is InChI=1S/C11H17N3O/c1-7(2)13-11(15)14-10-6-8(3)4-5-9(10)12/h4-7H,12H2,1-3H3,(H2,13,14,15). The van der Waals surface area contributed by atoms with Crippen LogP contribution in [-0.4, -0.2) is 12.1 Å². The zero-order valence-corrected chi connectivity index (χ0v) is 9.29. The van der Waals surface area contributed by atoms with Crippen LogP contribution in [0.4, 0.5) is 16.2 Å². The van der Waals surface area contributed by atoms with Crippen molar-refractivity contribution in [2.75, 3.05) is 11.1 Å². The van der Waals surface area contributed by atoms with E-state index in [-0.39, 0.29) is 12.1 Å². The van der Waals surface area contributed by atoms with Crippen LogP contribution < -0.4 is 16.4 Å². The largest absolute Gasteiger partial charge is 0.397 e. The van der Waals surface area contributed by atoms with Crippen LogP contribution in [0.3, 0.4) is 0 Å². The Morgan fingerprint density at radius 2 is 2.07 bits per heavy atom. The van der Waals surface area contributed by atoms with Gasteiger partial charge in [-0.15, -0.1) is 0 Å². The van der Waals surface area contributed by atoms with E-state index in [1.54, 1.807) is 6.07 Å². The van der Waals surface area contributed by atoms with Crippen molar-refractivity contribution in [2.45, 2.75) is 26.8 Å². The van der Waals surface area contributed by atoms with E-state index in [4.69, 9.17) is 5.73 Å². The van der Waals surface area contributed by atoms with Crippen molar-refractivity contribution in [2.24, 2.45) is 0 Å². The van der Waals surface area contributed by atoms with E-state index in [0.29, 0.717) is 11.4 Å². The maximum absolute atomic E-state index is 11.4. The Bertz CT molecular complexity index is 361. The highest BCUT2D eigenvalue weighted by Gasteiger charge is 2.05. The van der Waals surface area contributed by atoms with E-state index in [9.17, 15) is 4.79 Å². The number of anilines is 2. The third-order valence-electron chi connectivity index (χ3n) is 1.88. The molecule has 0 aromatic heterocycles. The maximum atomic E-state index is 11.4. The fourth-order valence-corrected chi connectivity index (χ4v) is 1.20. The van der Waals surface area contributed by atoms with Gasteiger partial charge >= 0.3 is 6.03 Å². The molecule has 4 nitrogen and oxygen atoms in total. The van der Waals surface area contributed by atoms with Crippen LogP contribution in [0.25, 0.3) is 0 Å². The van der Waals surface area contributed by atoms with Gasteiger partial charge in [-0.05, 0) is 38.5 Å². The summed E-state index contributed by atoms with van der Waals surface area (Å²) in [4.78, 5) is 11.4. The normalized spacial score (nSPS) is 10.1. The van der Waals surface area contributed by atoms with Gasteiger partial charge in [-0.2, -0.15) is 0 Å². The SMILES string of the molecule is Cc1ccc(N)c(NC(=O)NC(C)C)c1. The van der Waals surface area contributed by atoms with Crippen LogP contribution in [0.1, 0.15) is 19.4 Å². The zero-order valence-electron chi connectivity index (χ0n) is 9.29. The second-order valence-corrected chi connectivity index (χ2v) is 3.84. The van der Waals surface area contributed by atoms with Crippen LogP contribution >= 0.6 is 0 Å². The number of aryl methyl sites for hydroxylation is 1. The molecule has 0 fully saturated rings. The van der Waals surface area contributed by atoms with Gasteiger partial charge in [0, 0.05) is 6.04 Å². The van der Waals surface area contributed by atoms with Gasteiger partial charge in [0.25, 0.3) is 0 Å². The van der Waals surface area contributed by atoms with Crippen molar-refractivity contribution >= 4 is 17.4 Å². The third-order valence-corrected chi connectivity index (χ3v) is 1.88. The third kappa shape index (κ3) is 3.50. The molecule has 0 bridgehead atoms. The van der Waals surface area contributed by atoms with Gasteiger partial charge in [0.05, 0.1) is 11.4 Å². The van der Waals surface area contributed by atoms with Gasteiger partial charge in [0.1, 0.15) is 0 Å². The Morgan fingerprint density at radius 3 is 2.67 bits per heavy atom. The topological polar surface area (TPSA) is 67.1 Å². The lowest BCUT2D eigenvalue weighted by molar-refractivity contribution is 0.250. The average molecular weight is 207 g/mol. The molecule has 0 aliphatic rings. The molecule has 15 heavy (non-hydrogen) atoms. The molecule has 0 radical (unpaired) electrons. The van der Waals surface area contributed by atoms with E-state index in [2.05, 4.69) is 10.6 Å². The van der Waals surface area contributed by atoms with Crippen molar-refractivity contribution in [1.82, 2.24) is 5.32 Å². The fraction of sp³-hybridized carbons (Fsp3) is 0.364. The van der Waals surface area contributed by atoms with Gasteiger partial charge in [-0.1, -0.05) is 6.07 Å². The summed E-state index contributed by atoms with van der Waals surface area (Å²) in [6.07, 6.45) is 0. The number of carbonyl (C=O) groups excluding carboxylic acids is 1. The maximum Gasteiger partial charge on any atom is 0.319 e. The Labute approximate surface area is 89.9 Å². The lowest BCUT2D eigenvalue weighted by Gasteiger charge is -2.12.